The fourth-order valence-corrected chi connectivity index (χ4v) is 2.45. The smallest absolute Gasteiger partial charge is 0.165 e. The van der Waals surface area contributed by atoms with E-state index in [1.165, 1.54) is 0 Å². The largest absolute Gasteiger partial charge is 0.493 e. The van der Waals surface area contributed by atoms with E-state index in [1.807, 2.05) is 29.9 Å². The normalized spacial score (nSPS) is 12.2. The van der Waals surface area contributed by atoms with Gasteiger partial charge in [0.1, 0.15) is 12.2 Å². The zero-order valence-electron chi connectivity index (χ0n) is 13.0. The molecule has 0 aliphatic carbocycles. The zero-order valence-corrected chi connectivity index (χ0v) is 13.0. The minimum absolute atomic E-state index is 0.0737. The Morgan fingerprint density at radius 2 is 2.10 bits per heavy atom. The minimum atomic E-state index is 0.0737. The van der Waals surface area contributed by atoms with Crippen LogP contribution in [0.5, 0.6) is 11.5 Å². The highest BCUT2D eigenvalue weighted by Crippen LogP contribution is 2.35. The monoisotopic (exact) mass is 290 g/mol. The van der Waals surface area contributed by atoms with Crippen molar-refractivity contribution in [1.82, 2.24) is 20.1 Å². The van der Waals surface area contributed by atoms with Gasteiger partial charge in [-0.05, 0) is 20.0 Å². The maximum atomic E-state index is 5.52. The third kappa shape index (κ3) is 3.16. The number of para-hydroxylation sites is 1. The Labute approximate surface area is 125 Å². The molecular weight excluding hydrogens is 268 g/mol. The Kier molecular flexibility index (Phi) is 5.16. The van der Waals surface area contributed by atoms with E-state index in [-0.39, 0.29) is 6.04 Å². The third-order valence-corrected chi connectivity index (χ3v) is 3.54. The highest BCUT2D eigenvalue weighted by atomic mass is 16.5. The first-order valence-corrected chi connectivity index (χ1v) is 6.99. The van der Waals surface area contributed by atoms with Crippen LogP contribution in [-0.4, -0.2) is 36.0 Å². The Morgan fingerprint density at radius 1 is 1.29 bits per heavy atom. The Morgan fingerprint density at radius 3 is 2.71 bits per heavy atom. The molecule has 0 amide bonds. The van der Waals surface area contributed by atoms with Crippen molar-refractivity contribution in [3.63, 3.8) is 0 Å². The first kappa shape index (κ1) is 15.3. The van der Waals surface area contributed by atoms with Gasteiger partial charge in [0.25, 0.3) is 0 Å². The van der Waals surface area contributed by atoms with Crippen LogP contribution in [0.1, 0.15) is 24.4 Å². The van der Waals surface area contributed by atoms with E-state index in [0.717, 1.165) is 35.9 Å². The topological polar surface area (TPSA) is 61.2 Å². The average Bonchev–Trinajstić information content (AvgIpc) is 2.98. The summed E-state index contributed by atoms with van der Waals surface area (Å²) in [5, 5.41) is 7.53. The van der Waals surface area contributed by atoms with Gasteiger partial charge in [-0.25, -0.2) is 4.98 Å². The van der Waals surface area contributed by atoms with Crippen LogP contribution in [0.3, 0.4) is 0 Å². The van der Waals surface area contributed by atoms with Gasteiger partial charge in [0.2, 0.25) is 0 Å². The van der Waals surface area contributed by atoms with E-state index < -0.39 is 0 Å². The quantitative estimate of drug-likeness (QED) is 0.843. The summed E-state index contributed by atoms with van der Waals surface area (Å²) < 4.78 is 12.8. The van der Waals surface area contributed by atoms with Gasteiger partial charge in [-0.3, -0.25) is 4.68 Å². The minimum Gasteiger partial charge on any atom is -0.493 e. The SMILES string of the molecule is CCn1ncnc1CC(NC)c1cccc(OC)c1OC. The second kappa shape index (κ2) is 7.08. The molecule has 6 nitrogen and oxygen atoms in total. The van der Waals surface area contributed by atoms with Crippen molar-refractivity contribution >= 4 is 0 Å². The number of aromatic nitrogens is 3. The van der Waals surface area contributed by atoms with Crippen LogP contribution in [0.15, 0.2) is 24.5 Å². The molecule has 0 aliphatic heterocycles. The highest BCUT2D eigenvalue weighted by molar-refractivity contribution is 5.48. The number of rotatable bonds is 7. The van der Waals surface area contributed by atoms with Gasteiger partial charge in [0.15, 0.2) is 11.5 Å². The van der Waals surface area contributed by atoms with Crippen LogP contribution in [0.2, 0.25) is 0 Å². The van der Waals surface area contributed by atoms with Crippen molar-refractivity contribution < 1.29 is 9.47 Å². The van der Waals surface area contributed by atoms with Crippen LogP contribution < -0.4 is 14.8 Å². The lowest BCUT2D eigenvalue weighted by atomic mass is 10.0. The number of hydrogen-bond acceptors (Lipinski definition) is 5. The van der Waals surface area contributed by atoms with Crippen molar-refractivity contribution in [3.05, 3.63) is 35.9 Å². The zero-order chi connectivity index (χ0) is 15.2. The predicted octanol–water partition coefficient (Wildman–Crippen LogP) is 1.82. The molecule has 0 bridgehead atoms. The third-order valence-electron chi connectivity index (χ3n) is 3.54. The molecule has 1 aromatic heterocycles. The van der Waals surface area contributed by atoms with Gasteiger partial charge >= 0.3 is 0 Å². The molecule has 0 aliphatic rings. The van der Waals surface area contributed by atoms with Gasteiger partial charge in [-0.1, -0.05) is 12.1 Å². The van der Waals surface area contributed by atoms with Gasteiger partial charge in [-0.2, -0.15) is 5.10 Å². The summed E-state index contributed by atoms with van der Waals surface area (Å²) in [5.41, 5.74) is 1.05. The van der Waals surface area contributed by atoms with E-state index in [0.29, 0.717) is 0 Å². The molecule has 6 heteroatoms. The number of methoxy groups -OCH3 is 2. The summed E-state index contributed by atoms with van der Waals surface area (Å²) in [6.07, 6.45) is 2.32. The molecule has 0 radical (unpaired) electrons. The Bertz CT molecular complexity index is 583. The maximum absolute atomic E-state index is 5.52. The van der Waals surface area contributed by atoms with E-state index in [9.17, 15) is 0 Å². The molecular formula is C15H22N4O2. The van der Waals surface area contributed by atoms with Crippen LogP contribution >= 0.6 is 0 Å². The maximum Gasteiger partial charge on any atom is 0.165 e. The number of nitrogens with one attached hydrogen (secondary N) is 1. The van der Waals surface area contributed by atoms with Crippen molar-refractivity contribution in [2.24, 2.45) is 0 Å². The van der Waals surface area contributed by atoms with Gasteiger partial charge < -0.3 is 14.8 Å². The Balaban J connectivity index is 2.33. The van der Waals surface area contributed by atoms with Gasteiger partial charge in [0, 0.05) is 24.6 Å². The fourth-order valence-electron chi connectivity index (χ4n) is 2.45. The van der Waals surface area contributed by atoms with E-state index in [4.69, 9.17) is 9.47 Å². The molecule has 0 fully saturated rings. The molecule has 1 N–H and O–H groups in total. The molecule has 114 valence electrons. The molecule has 2 rings (SSSR count). The van der Waals surface area contributed by atoms with E-state index in [2.05, 4.69) is 22.3 Å². The van der Waals surface area contributed by atoms with Crippen molar-refractivity contribution in [2.75, 3.05) is 21.3 Å². The number of ether oxygens (including phenoxy) is 2. The summed E-state index contributed by atoms with van der Waals surface area (Å²) in [7, 11) is 5.22. The van der Waals surface area contributed by atoms with Crippen LogP contribution in [0, 0.1) is 0 Å². The number of likely N-dealkylation sites (N-methyl/N-ethyl adjacent to an activating group) is 1. The van der Waals surface area contributed by atoms with Crippen LogP contribution in [0.25, 0.3) is 0 Å². The van der Waals surface area contributed by atoms with Gasteiger partial charge in [0.05, 0.1) is 14.2 Å². The summed E-state index contributed by atoms with van der Waals surface area (Å²) in [4.78, 5) is 4.34. The summed E-state index contributed by atoms with van der Waals surface area (Å²) in [5.74, 6) is 2.43. The molecule has 0 saturated carbocycles. The standard InChI is InChI=1S/C15H22N4O2/c1-5-19-14(17-10-18-19)9-12(16-2)11-7-6-8-13(20-3)15(11)21-4/h6-8,10,12,16H,5,9H2,1-4H3. The second-order valence-electron chi connectivity index (χ2n) is 4.62. The lowest BCUT2D eigenvalue weighted by molar-refractivity contribution is 0.346. The molecule has 21 heavy (non-hydrogen) atoms. The number of aryl methyl sites for hydroxylation is 1. The molecule has 1 heterocycles. The summed E-state index contributed by atoms with van der Waals surface area (Å²) in [6, 6.07) is 5.97. The van der Waals surface area contributed by atoms with Crippen LogP contribution in [0.4, 0.5) is 0 Å². The Hall–Kier alpha value is -2.08. The van der Waals surface area contributed by atoms with E-state index in [1.54, 1.807) is 20.5 Å². The first-order valence-electron chi connectivity index (χ1n) is 6.99. The fraction of sp³-hybridized carbons (Fsp3) is 0.467. The van der Waals surface area contributed by atoms with Gasteiger partial charge in [-0.15, -0.1) is 0 Å². The molecule has 1 unspecified atom stereocenters. The van der Waals surface area contributed by atoms with Crippen molar-refractivity contribution in [3.8, 4) is 11.5 Å². The van der Waals surface area contributed by atoms with Crippen molar-refractivity contribution in [1.29, 1.82) is 0 Å². The van der Waals surface area contributed by atoms with E-state index >= 15 is 0 Å². The molecule has 0 saturated heterocycles. The highest BCUT2D eigenvalue weighted by Gasteiger charge is 2.20. The summed E-state index contributed by atoms with van der Waals surface area (Å²) >= 11 is 0. The van der Waals surface area contributed by atoms with Crippen molar-refractivity contribution in [2.45, 2.75) is 25.9 Å². The number of benzene rings is 1. The molecule has 2 aromatic rings. The molecule has 1 atom stereocenters. The number of hydrogen-bond donors (Lipinski definition) is 1. The first-order chi connectivity index (χ1) is 10.2. The predicted molar refractivity (Wildman–Crippen MR) is 80.7 cm³/mol. The second-order valence-corrected chi connectivity index (χ2v) is 4.62. The lowest BCUT2D eigenvalue weighted by Crippen LogP contribution is -2.22. The molecule has 0 spiro atoms. The average molecular weight is 290 g/mol. The number of nitrogens with zero attached hydrogens (tertiary/aromatic N) is 3. The lowest BCUT2D eigenvalue weighted by Gasteiger charge is -2.20. The van der Waals surface area contributed by atoms with Crippen LogP contribution in [-0.2, 0) is 13.0 Å². The molecule has 1 aromatic carbocycles. The summed E-state index contributed by atoms with van der Waals surface area (Å²) in [6.45, 7) is 2.86.